The highest BCUT2D eigenvalue weighted by Gasteiger charge is 2.23. The summed E-state index contributed by atoms with van der Waals surface area (Å²) in [6.45, 7) is 5.43. The second-order valence-electron chi connectivity index (χ2n) is 4.68. The molecule has 0 spiro atoms. The summed E-state index contributed by atoms with van der Waals surface area (Å²) in [6, 6.07) is 3.64. The van der Waals surface area contributed by atoms with Crippen LogP contribution in [0.2, 0.25) is 5.02 Å². The lowest BCUT2D eigenvalue weighted by molar-refractivity contribution is -0.115. The highest BCUT2D eigenvalue weighted by atomic mass is 35.5. The maximum Gasteiger partial charge on any atom is 0.337 e. The number of amides is 3. The van der Waals surface area contributed by atoms with E-state index in [0.29, 0.717) is 5.56 Å². The van der Waals surface area contributed by atoms with Crippen LogP contribution in [0.1, 0.15) is 22.8 Å². The number of aromatic carboxylic acids is 1. The number of ether oxygens (including phenoxy) is 1. The molecule has 0 bridgehead atoms. The third-order valence-corrected chi connectivity index (χ3v) is 3.37. The third kappa shape index (κ3) is 3.82. The van der Waals surface area contributed by atoms with E-state index in [1.807, 2.05) is 0 Å². The first-order valence-electron chi connectivity index (χ1n) is 6.72. The highest BCUT2D eigenvalue weighted by molar-refractivity contribution is 6.33. The van der Waals surface area contributed by atoms with Crippen molar-refractivity contribution in [3.05, 3.63) is 64.5 Å². The summed E-state index contributed by atoms with van der Waals surface area (Å²) in [5.41, 5.74) is 0.481. The number of carboxylic acids is 1. The fourth-order valence-electron chi connectivity index (χ4n) is 1.86. The van der Waals surface area contributed by atoms with Crippen LogP contribution < -0.4 is 10.6 Å². The SMILES string of the molecule is C=C(OC(=C\C)/C=C1\NC(=O)NC1=O)c1ccc(C(=O)O)c(Cl)c1. The molecule has 0 aromatic heterocycles. The van der Waals surface area contributed by atoms with E-state index in [1.165, 1.54) is 24.3 Å². The zero-order chi connectivity index (χ0) is 17.9. The number of hydrogen-bond acceptors (Lipinski definition) is 4. The van der Waals surface area contributed by atoms with Crippen molar-refractivity contribution in [3.8, 4) is 0 Å². The number of nitrogens with one attached hydrogen (secondary N) is 2. The molecule has 0 atom stereocenters. The van der Waals surface area contributed by atoms with Gasteiger partial charge in [0.05, 0.1) is 10.6 Å². The first kappa shape index (κ1) is 17.3. The van der Waals surface area contributed by atoms with Crippen molar-refractivity contribution in [2.75, 3.05) is 0 Å². The van der Waals surface area contributed by atoms with Crippen LogP contribution in [-0.4, -0.2) is 23.0 Å². The lowest BCUT2D eigenvalue weighted by Crippen LogP contribution is -2.22. The zero-order valence-corrected chi connectivity index (χ0v) is 13.3. The summed E-state index contributed by atoms with van der Waals surface area (Å²) in [5, 5.41) is 13.4. The molecule has 1 aliphatic rings. The Kier molecular flexibility index (Phi) is 5.05. The molecular formula is C16H13ClN2O5. The van der Waals surface area contributed by atoms with Gasteiger partial charge < -0.3 is 15.2 Å². The third-order valence-electron chi connectivity index (χ3n) is 3.05. The minimum atomic E-state index is -1.14. The Morgan fingerprint density at radius 1 is 1.33 bits per heavy atom. The van der Waals surface area contributed by atoms with Crippen LogP contribution in [-0.2, 0) is 9.53 Å². The molecule has 1 aromatic carbocycles. The molecule has 0 saturated carbocycles. The van der Waals surface area contributed by atoms with Crippen molar-refractivity contribution >= 4 is 35.3 Å². The van der Waals surface area contributed by atoms with Gasteiger partial charge in [0.1, 0.15) is 17.2 Å². The number of hydrogen-bond donors (Lipinski definition) is 3. The van der Waals surface area contributed by atoms with Gasteiger partial charge in [-0.25, -0.2) is 9.59 Å². The van der Waals surface area contributed by atoms with Crippen LogP contribution in [0.3, 0.4) is 0 Å². The molecule has 1 aromatic rings. The Balaban J connectivity index is 2.17. The largest absolute Gasteiger partial charge is 0.478 e. The predicted molar refractivity (Wildman–Crippen MR) is 87.0 cm³/mol. The summed E-state index contributed by atoms with van der Waals surface area (Å²) in [4.78, 5) is 33.5. The summed E-state index contributed by atoms with van der Waals surface area (Å²) in [7, 11) is 0. The molecule has 1 saturated heterocycles. The molecular weight excluding hydrogens is 336 g/mol. The van der Waals surface area contributed by atoms with Crippen LogP contribution in [0.5, 0.6) is 0 Å². The number of urea groups is 1. The van der Waals surface area contributed by atoms with Crippen molar-refractivity contribution < 1.29 is 24.2 Å². The Labute approximate surface area is 142 Å². The molecule has 2 rings (SSSR count). The van der Waals surface area contributed by atoms with Gasteiger partial charge in [-0.15, -0.1) is 0 Å². The van der Waals surface area contributed by atoms with E-state index >= 15 is 0 Å². The van der Waals surface area contributed by atoms with E-state index < -0.39 is 17.9 Å². The Bertz CT molecular complexity index is 811. The van der Waals surface area contributed by atoms with Gasteiger partial charge in [-0.3, -0.25) is 10.1 Å². The number of carbonyl (C=O) groups is 3. The fraction of sp³-hybridized carbons (Fsp3) is 0.0625. The van der Waals surface area contributed by atoms with Gasteiger partial charge in [0, 0.05) is 11.6 Å². The van der Waals surface area contributed by atoms with Gasteiger partial charge in [0.25, 0.3) is 5.91 Å². The van der Waals surface area contributed by atoms with Gasteiger partial charge in [-0.2, -0.15) is 0 Å². The average molecular weight is 349 g/mol. The molecule has 8 heteroatoms. The zero-order valence-electron chi connectivity index (χ0n) is 12.6. The standard InChI is InChI=1S/C16H13ClN2O5/c1-3-10(7-13-14(20)19-16(23)18-13)24-8(2)9-4-5-11(15(21)22)12(17)6-9/h3-7H,2H2,1H3,(H,21,22)(H2,18,19,20,23)/b10-3-,13-7-. The normalized spacial score (nSPS) is 15.9. The van der Waals surface area contributed by atoms with Crippen molar-refractivity contribution in [2.45, 2.75) is 6.92 Å². The fourth-order valence-corrected chi connectivity index (χ4v) is 2.12. The number of rotatable bonds is 5. The van der Waals surface area contributed by atoms with E-state index in [2.05, 4.69) is 17.2 Å². The maximum atomic E-state index is 11.5. The van der Waals surface area contributed by atoms with Crippen molar-refractivity contribution in [3.63, 3.8) is 0 Å². The van der Waals surface area contributed by atoms with Crippen LogP contribution >= 0.6 is 11.6 Å². The van der Waals surface area contributed by atoms with Gasteiger partial charge >= 0.3 is 12.0 Å². The Morgan fingerprint density at radius 3 is 2.54 bits per heavy atom. The quantitative estimate of drug-likeness (QED) is 0.431. The van der Waals surface area contributed by atoms with Crippen molar-refractivity contribution in [1.82, 2.24) is 10.6 Å². The van der Waals surface area contributed by atoms with E-state index in [1.54, 1.807) is 13.0 Å². The Morgan fingerprint density at radius 2 is 2.04 bits per heavy atom. The first-order chi connectivity index (χ1) is 11.3. The topological polar surface area (TPSA) is 105 Å². The molecule has 0 aliphatic carbocycles. The lowest BCUT2D eigenvalue weighted by Gasteiger charge is -2.11. The number of benzene rings is 1. The maximum absolute atomic E-state index is 11.5. The average Bonchev–Trinajstić information content (AvgIpc) is 2.83. The predicted octanol–water partition coefficient (Wildman–Crippen LogP) is 2.65. The van der Waals surface area contributed by atoms with E-state index in [0.717, 1.165) is 0 Å². The number of carboxylic acid groups (broad SMARTS) is 1. The van der Waals surface area contributed by atoms with Crippen LogP contribution in [0.15, 0.2) is 48.4 Å². The molecule has 124 valence electrons. The molecule has 1 heterocycles. The smallest absolute Gasteiger partial charge is 0.337 e. The molecule has 0 unspecified atom stereocenters. The molecule has 1 fully saturated rings. The van der Waals surface area contributed by atoms with E-state index in [-0.39, 0.29) is 27.8 Å². The first-order valence-corrected chi connectivity index (χ1v) is 7.10. The number of imide groups is 1. The monoisotopic (exact) mass is 348 g/mol. The van der Waals surface area contributed by atoms with Crippen LogP contribution in [0, 0.1) is 0 Å². The molecule has 7 nitrogen and oxygen atoms in total. The minimum Gasteiger partial charge on any atom is -0.478 e. The number of allylic oxidation sites excluding steroid dienone is 2. The van der Waals surface area contributed by atoms with Gasteiger partial charge in [-0.1, -0.05) is 24.2 Å². The van der Waals surface area contributed by atoms with Crippen molar-refractivity contribution in [2.24, 2.45) is 0 Å². The minimum absolute atomic E-state index is 0.0352. The second kappa shape index (κ2) is 7.01. The van der Waals surface area contributed by atoms with Gasteiger partial charge in [0.2, 0.25) is 0 Å². The second-order valence-corrected chi connectivity index (χ2v) is 5.09. The summed E-state index contributed by atoms with van der Waals surface area (Å²) in [6.07, 6.45) is 2.92. The van der Waals surface area contributed by atoms with Crippen LogP contribution in [0.25, 0.3) is 5.76 Å². The Hall–Kier alpha value is -3.06. The molecule has 0 radical (unpaired) electrons. The highest BCUT2D eigenvalue weighted by Crippen LogP contribution is 2.24. The van der Waals surface area contributed by atoms with E-state index in [4.69, 9.17) is 21.4 Å². The van der Waals surface area contributed by atoms with Gasteiger partial charge in [-0.05, 0) is 25.1 Å². The van der Waals surface area contributed by atoms with E-state index in [9.17, 15) is 14.4 Å². The summed E-state index contributed by atoms with van der Waals surface area (Å²) in [5.74, 6) is -1.24. The lowest BCUT2D eigenvalue weighted by atomic mass is 10.1. The molecule has 24 heavy (non-hydrogen) atoms. The molecule has 1 aliphatic heterocycles. The van der Waals surface area contributed by atoms with Crippen LogP contribution in [0.4, 0.5) is 4.79 Å². The van der Waals surface area contributed by atoms with Crippen molar-refractivity contribution in [1.29, 1.82) is 0 Å². The summed E-state index contributed by atoms with van der Waals surface area (Å²) >= 11 is 5.91. The summed E-state index contributed by atoms with van der Waals surface area (Å²) < 4.78 is 5.54. The molecule has 3 N–H and O–H groups in total. The molecule has 3 amide bonds. The number of halogens is 1. The van der Waals surface area contributed by atoms with Gasteiger partial charge in [0.15, 0.2) is 0 Å². The number of carbonyl (C=O) groups excluding carboxylic acids is 2.